The standard InChI is InChI=1S/C27H23N3O6/c1-18-23(35-26(33)21-15-9-4-10-16-21)24(22(31)19-11-5-2-6-12-19)36-27(18,29-30-28)17-34-25(32)20-13-7-3-8-14-20/h2-16,18,23-24H,17H2,1H3/t18-,23?,24-,27+/m0/s1. The third-order valence-electron chi connectivity index (χ3n) is 6.04. The molecule has 1 aliphatic rings. The highest BCUT2D eigenvalue weighted by atomic mass is 16.6. The Morgan fingerprint density at radius 1 is 0.861 bits per heavy atom. The first-order valence-electron chi connectivity index (χ1n) is 11.3. The zero-order valence-corrected chi connectivity index (χ0v) is 19.4. The number of ether oxygens (including phenoxy) is 3. The smallest absolute Gasteiger partial charge is 0.338 e. The van der Waals surface area contributed by atoms with Crippen LogP contribution in [-0.4, -0.2) is 42.3 Å². The Morgan fingerprint density at radius 3 is 1.89 bits per heavy atom. The van der Waals surface area contributed by atoms with E-state index in [1.165, 1.54) is 0 Å². The number of rotatable bonds is 8. The van der Waals surface area contributed by atoms with Crippen LogP contribution in [-0.2, 0) is 14.2 Å². The second kappa shape index (κ2) is 10.9. The van der Waals surface area contributed by atoms with Gasteiger partial charge in [-0.1, -0.05) is 78.8 Å². The molecule has 1 heterocycles. The summed E-state index contributed by atoms with van der Waals surface area (Å²) in [5.74, 6) is -2.62. The Hall–Kier alpha value is -4.46. The van der Waals surface area contributed by atoms with Gasteiger partial charge in [0.05, 0.1) is 11.1 Å². The summed E-state index contributed by atoms with van der Waals surface area (Å²) in [4.78, 5) is 41.8. The van der Waals surface area contributed by atoms with Crippen LogP contribution in [0, 0.1) is 5.92 Å². The number of azide groups is 1. The van der Waals surface area contributed by atoms with Crippen LogP contribution in [0.25, 0.3) is 10.4 Å². The molecule has 0 N–H and O–H groups in total. The number of ketones is 1. The average molecular weight is 485 g/mol. The number of hydrogen-bond donors (Lipinski definition) is 0. The molecule has 0 radical (unpaired) electrons. The molecule has 3 aromatic rings. The Balaban J connectivity index is 1.65. The van der Waals surface area contributed by atoms with E-state index < -0.39 is 48.2 Å². The van der Waals surface area contributed by atoms with Crippen LogP contribution in [0.2, 0.25) is 0 Å². The van der Waals surface area contributed by atoms with Gasteiger partial charge in [0.1, 0.15) is 12.7 Å². The number of nitrogens with zero attached hydrogens (tertiary/aromatic N) is 3. The first-order chi connectivity index (χ1) is 17.4. The predicted molar refractivity (Wildman–Crippen MR) is 129 cm³/mol. The number of Topliss-reactive ketones (excluding diaryl/α,β-unsaturated/α-hetero) is 1. The SMILES string of the molecule is C[C@H]1C(OC(=O)c2ccccc2)[C@H](C(=O)c2ccccc2)O[C@@]1(COC(=O)c1ccccc1)N=[N+]=[N-]. The monoisotopic (exact) mass is 485 g/mol. The van der Waals surface area contributed by atoms with Crippen molar-refractivity contribution in [3.8, 4) is 0 Å². The van der Waals surface area contributed by atoms with E-state index >= 15 is 0 Å². The van der Waals surface area contributed by atoms with Crippen molar-refractivity contribution in [2.45, 2.75) is 24.9 Å². The van der Waals surface area contributed by atoms with Crippen LogP contribution in [0.1, 0.15) is 38.0 Å². The molecular weight excluding hydrogens is 462 g/mol. The second-order valence-electron chi connectivity index (χ2n) is 8.27. The number of carbonyl (C=O) groups excluding carboxylic acids is 3. The summed E-state index contributed by atoms with van der Waals surface area (Å²) in [5.41, 5.74) is 8.45. The van der Waals surface area contributed by atoms with Crippen LogP contribution >= 0.6 is 0 Å². The van der Waals surface area contributed by atoms with Gasteiger partial charge in [0.15, 0.2) is 17.6 Å². The molecule has 1 unspecified atom stereocenters. The highest BCUT2D eigenvalue weighted by Gasteiger charge is 2.57. The average Bonchev–Trinajstić information content (AvgIpc) is 3.19. The largest absolute Gasteiger partial charge is 0.459 e. The molecule has 9 heteroatoms. The fraction of sp³-hybridized carbons (Fsp3) is 0.222. The molecule has 1 aliphatic heterocycles. The molecule has 0 spiro atoms. The van der Waals surface area contributed by atoms with Crippen molar-refractivity contribution < 1.29 is 28.6 Å². The van der Waals surface area contributed by atoms with E-state index in [4.69, 9.17) is 14.2 Å². The van der Waals surface area contributed by atoms with E-state index in [1.807, 2.05) is 0 Å². The van der Waals surface area contributed by atoms with Crippen LogP contribution in [0.4, 0.5) is 0 Å². The van der Waals surface area contributed by atoms with Crippen molar-refractivity contribution in [2.75, 3.05) is 6.61 Å². The van der Waals surface area contributed by atoms with Crippen molar-refractivity contribution in [1.82, 2.24) is 0 Å². The maximum atomic E-state index is 13.4. The zero-order valence-electron chi connectivity index (χ0n) is 19.4. The first-order valence-corrected chi connectivity index (χ1v) is 11.3. The maximum absolute atomic E-state index is 13.4. The molecule has 0 aromatic heterocycles. The number of hydrogen-bond acceptors (Lipinski definition) is 7. The molecule has 1 fully saturated rings. The van der Waals surface area contributed by atoms with Gasteiger partial charge >= 0.3 is 11.9 Å². The van der Waals surface area contributed by atoms with E-state index in [1.54, 1.807) is 97.9 Å². The molecule has 1 saturated heterocycles. The lowest BCUT2D eigenvalue weighted by Gasteiger charge is -2.27. The van der Waals surface area contributed by atoms with Gasteiger partial charge in [0.25, 0.3) is 0 Å². The number of carbonyl (C=O) groups is 3. The minimum absolute atomic E-state index is 0.285. The van der Waals surface area contributed by atoms with Gasteiger partial charge in [0.2, 0.25) is 0 Å². The lowest BCUT2D eigenvalue weighted by molar-refractivity contribution is -0.0804. The number of benzene rings is 3. The third kappa shape index (κ3) is 5.12. The highest BCUT2D eigenvalue weighted by Crippen LogP contribution is 2.41. The van der Waals surface area contributed by atoms with Crippen molar-refractivity contribution in [2.24, 2.45) is 11.0 Å². The molecule has 0 saturated carbocycles. The summed E-state index contributed by atoms with van der Waals surface area (Å²) < 4.78 is 17.2. The summed E-state index contributed by atoms with van der Waals surface area (Å²) in [6, 6.07) is 24.9. The van der Waals surface area contributed by atoms with Crippen molar-refractivity contribution in [1.29, 1.82) is 0 Å². The normalized spacial score (nSPS) is 22.8. The molecule has 0 amide bonds. The van der Waals surface area contributed by atoms with E-state index in [0.29, 0.717) is 11.1 Å². The minimum Gasteiger partial charge on any atom is -0.459 e. The Morgan fingerprint density at radius 2 is 1.36 bits per heavy atom. The topological polar surface area (TPSA) is 128 Å². The quantitative estimate of drug-likeness (QED) is 0.145. The molecule has 4 rings (SSSR count). The third-order valence-corrected chi connectivity index (χ3v) is 6.04. The summed E-state index contributed by atoms with van der Waals surface area (Å²) in [6.07, 6.45) is -2.41. The van der Waals surface area contributed by atoms with E-state index in [2.05, 4.69) is 10.0 Å². The highest BCUT2D eigenvalue weighted by molar-refractivity contribution is 6.00. The lowest BCUT2D eigenvalue weighted by Crippen LogP contribution is -2.41. The molecule has 0 aliphatic carbocycles. The second-order valence-corrected chi connectivity index (χ2v) is 8.27. The summed E-state index contributed by atoms with van der Waals surface area (Å²) in [6.45, 7) is 1.14. The van der Waals surface area contributed by atoms with Crippen molar-refractivity contribution >= 4 is 17.7 Å². The molecule has 3 aromatic carbocycles. The Bertz CT molecular complexity index is 1280. The van der Waals surface area contributed by atoms with Gasteiger partial charge < -0.3 is 14.2 Å². The predicted octanol–water partition coefficient (Wildman–Crippen LogP) is 4.99. The maximum Gasteiger partial charge on any atom is 0.338 e. The molecule has 4 atom stereocenters. The van der Waals surface area contributed by atoms with Crippen LogP contribution in [0.15, 0.2) is 96.1 Å². The van der Waals surface area contributed by atoms with Crippen LogP contribution in [0.3, 0.4) is 0 Å². The molecular formula is C27H23N3O6. The van der Waals surface area contributed by atoms with Gasteiger partial charge in [-0.3, -0.25) is 4.79 Å². The zero-order chi connectivity index (χ0) is 25.5. The van der Waals surface area contributed by atoms with Crippen molar-refractivity contribution in [3.63, 3.8) is 0 Å². The Labute approximate surface area is 207 Å². The van der Waals surface area contributed by atoms with Crippen molar-refractivity contribution in [3.05, 3.63) is 118 Å². The lowest BCUT2D eigenvalue weighted by atomic mass is 9.91. The molecule has 0 bridgehead atoms. The summed E-state index contributed by atoms with van der Waals surface area (Å²) in [7, 11) is 0. The minimum atomic E-state index is -1.78. The van der Waals surface area contributed by atoms with Gasteiger partial charge in [-0.05, 0) is 29.8 Å². The van der Waals surface area contributed by atoms with Gasteiger partial charge in [-0.15, -0.1) is 0 Å². The first kappa shape index (κ1) is 24.7. The molecule has 36 heavy (non-hydrogen) atoms. The van der Waals surface area contributed by atoms with Gasteiger partial charge in [0, 0.05) is 16.4 Å². The fourth-order valence-electron chi connectivity index (χ4n) is 4.02. The summed E-state index contributed by atoms with van der Waals surface area (Å²) >= 11 is 0. The molecule has 9 nitrogen and oxygen atoms in total. The van der Waals surface area contributed by atoms with E-state index in [-0.39, 0.29) is 5.56 Å². The van der Waals surface area contributed by atoms with Crippen LogP contribution < -0.4 is 0 Å². The Kier molecular flexibility index (Phi) is 7.44. The number of esters is 2. The van der Waals surface area contributed by atoms with Gasteiger partial charge in [-0.25, -0.2) is 9.59 Å². The fourth-order valence-corrected chi connectivity index (χ4v) is 4.02. The summed E-state index contributed by atoms with van der Waals surface area (Å²) in [5, 5.41) is 3.80. The van der Waals surface area contributed by atoms with Gasteiger partial charge in [-0.2, -0.15) is 0 Å². The van der Waals surface area contributed by atoms with E-state index in [0.717, 1.165) is 0 Å². The van der Waals surface area contributed by atoms with Crippen LogP contribution in [0.5, 0.6) is 0 Å². The van der Waals surface area contributed by atoms with E-state index in [9.17, 15) is 19.9 Å². The molecule has 182 valence electrons.